The Morgan fingerprint density at radius 1 is 1.25 bits per heavy atom. The minimum absolute atomic E-state index is 0.00390. The normalized spacial score (nSPS) is 14.8. The van der Waals surface area contributed by atoms with Crippen molar-refractivity contribution in [3.63, 3.8) is 0 Å². The van der Waals surface area contributed by atoms with Gasteiger partial charge in [-0.2, -0.15) is 9.40 Å². The lowest BCUT2D eigenvalue weighted by molar-refractivity contribution is -0.125. The second kappa shape index (κ2) is 10.9. The maximum absolute atomic E-state index is 14.4. The molecule has 9 nitrogen and oxygen atoms in total. The fourth-order valence-corrected chi connectivity index (χ4v) is 4.05. The highest BCUT2D eigenvalue weighted by atomic mass is 19.1. The molecular weight excluding hydrogens is 465 g/mol. The van der Waals surface area contributed by atoms with Crippen LogP contribution in [0.5, 0.6) is 17.2 Å². The zero-order chi connectivity index (χ0) is 25.7. The second-order valence-electron chi connectivity index (χ2n) is 8.23. The summed E-state index contributed by atoms with van der Waals surface area (Å²) in [5.41, 5.74) is 2.45. The summed E-state index contributed by atoms with van der Waals surface area (Å²) in [6.07, 6.45) is 5.30. The maximum atomic E-state index is 14.4. The number of hydrogen-bond donors (Lipinski definition) is 1. The van der Waals surface area contributed by atoms with Gasteiger partial charge in [-0.15, -0.1) is 4.91 Å². The monoisotopic (exact) mass is 491 g/mol. The fourth-order valence-electron chi connectivity index (χ4n) is 4.05. The van der Waals surface area contributed by atoms with Gasteiger partial charge in [-0.25, -0.2) is 0 Å². The van der Waals surface area contributed by atoms with Crippen molar-refractivity contribution >= 4 is 23.0 Å². The number of rotatable bonds is 9. The van der Waals surface area contributed by atoms with Gasteiger partial charge in [0.25, 0.3) is 0 Å². The summed E-state index contributed by atoms with van der Waals surface area (Å²) < 4.78 is 25.1. The Morgan fingerprint density at radius 3 is 2.69 bits per heavy atom. The number of ether oxygens (including phenoxy) is 2. The first-order chi connectivity index (χ1) is 17.4. The van der Waals surface area contributed by atoms with Crippen LogP contribution in [0.15, 0.2) is 72.8 Å². The van der Waals surface area contributed by atoms with Gasteiger partial charge in [0.2, 0.25) is 11.7 Å². The molecule has 2 aromatic carbocycles. The van der Waals surface area contributed by atoms with E-state index in [1.807, 2.05) is 6.92 Å². The lowest BCUT2D eigenvalue weighted by Crippen LogP contribution is -2.30. The molecule has 1 aliphatic heterocycles. The molecule has 4 rings (SSSR count). The molecule has 1 aliphatic rings. The van der Waals surface area contributed by atoms with Crippen LogP contribution in [-0.2, 0) is 4.79 Å². The first-order valence-corrected chi connectivity index (χ1v) is 11.3. The average molecular weight is 492 g/mol. The molecule has 1 unspecified atom stereocenters. The Hall–Kier alpha value is -4.47. The van der Waals surface area contributed by atoms with Gasteiger partial charge in [0, 0.05) is 25.3 Å². The molecule has 1 atom stereocenters. The summed E-state index contributed by atoms with van der Waals surface area (Å²) in [5, 5.41) is 7.89. The average Bonchev–Trinajstić information content (AvgIpc) is 3.37. The van der Waals surface area contributed by atoms with E-state index in [0.29, 0.717) is 35.9 Å². The van der Waals surface area contributed by atoms with E-state index in [4.69, 9.17) is 9.47 Å². The Bertz CT molecular complexity index is 1270. The van der Waals surface area contributed by atoms with Crippen LogP contribution < -0.4 is 19.8 Å². The number of carbonyl (C=O) groups excluding carboxylic acids is 1. The quantitative estimate of drug-likeness (QED) is 0.245. The van der Waals surface area contributed by atoms with Crippen LogP contribution in [0, 0.1) is 17.6 Å². The third-order valence-electron chi connectivity index (χ3n) is 5.91. The molecule has 1 saturated heterocycles. The van der Waals surface area contributed by atoms with Crippen molar-refractivity contribution in [3.05, 3.63) is 83.8 Å². The molecule has 3 aromatic rings. The smallest absolute Gasteiger partial charge is 0.246 e. The largest absolute Gasteiger partial charge is 0.494 e. The van der Waals surface area contributed by atoms with Crippen molar-refractivity contribution in [1.29, 1.82) is 0 Å². The van der Waals surface area contributed by atoms with Crippen molar-refractivity contribution in [1.82, 2.24) is 9.88 Å². The van der Waals surface area contributed by atoms with Gasteiger partial charge in [0.05, 0.1) is 30.0 Å². The number of aromatic nitrogens is 1. The summed E-state index contributed by atoms with van der Waals surface area (Å²) in [6.45, 7) is 6.56. The van der Waals surface area contributed by atoms with Gasteiger partial charge in [0.1, 0.15) is 11.4 Å². The van der Waals surface area contributed by atoms with Crippen molar-refractivity contribution in [2.45, 2.75) is 19.4 Å². The van der Waals surface area contributed by atoms with Crippen molar-refractivity contribution in [2.24, 2.45) is 5.29 Å². The van der Waals surface area contributed by atoms with Gasteiger partial charge >= 0.3 is 0 Å². The molecule has 1 fully saturated rings. The third-order valence-corrected chi connectivity index (χ3v) is 5.91. The molecule has 0 aliphatic carbocycles. The second-order valence-corrected chi connectivity index (χ2v) is 8.23. The number of nitroso groups, excluding NO2 is 1. The van der Waals surface area contributed by atoms with E-state index in [0.717, 1.165) is 12.0 Å². The SMILES string of the molecule is C=CC(=O)N1CCC(Nc2c(C)cncc2N(N=O)c2ccc(Oc3cccc(OC)c3F)cc2)C1. The molecule has 0 saturated carbocycles. The number of benzene rings is 2. The van der Waals surface area contributed by atoms with E-state index in [2.05, 4.69) is 22.2 Å². The van der Waals surface area contributed by atoms with Gasteiger partial charge in [0.15, 0.2) is 11.5 Å². The number of carbonyl (C=O) groups is 1. The lowest BCUT2D eigenvalue weighted by atomic mass is 10.1. The van der Waals surface area contributed by atoms with Crippen molar-refractivity contribution in [3.8, 4) is 17.2 Å². The summed E-state index contributed by atoms with van der Waals surface area (Å²) in [6, 6.07) is 11.1. The number of aryl methyl sites for hydroxylation is 1. The zero-order valence-electron chi connectivity index (χ0n) is 20.0. The van der Waals surface area contributed by atoms with Gasteiger partial charge in [-0.3, -0.25) is 9.78 Å². The summed E-state index contributed by atoms with van der Waals surface area (Å²) in [4.78, 5) is 29.8. The molecule has 1 amide bonds. The first-order valence-electron chi connectivity index (χ1n) is 11.3. The Kier molecular flexibility index (Phi) is 7.43. The number of amides is 1. The molecule has 186 valence electrons. The van der Waals surface area contributed by atoms with Crippen LogP contribution in [0.4, 0.5) is 21.5 Å². The number of nitrogens with zero attached hydrogens (tertiary/aromatic N) is 4. The summed E-state index contributed by atoms with van der Waals surface area (Å²) in [7, 11) is 1.38. The third kappa shape index (κ3) is 5.12. The highest BCUT2D eigenvalue weighted by molar-refractivity contribution is 5.87. The number of nitrogens with one attached hydrogen (secondary N) is 1. The Balaban J connectivity index is 1.55. The highest BCUT2D eigenvalue weighted by Gasteiger charge is 2.27. The molecule has 10 heteroatoms. The molecule has 1 N–H and O–H groups in total. The Labute approximate surface area is 208 Å². The molecule has 36 heavy (non-hydrogen) atoms. The topological polar surface area (TPSA) is 96.4 Å². The number of anilines is 3. The predicted octanol–water partition coefficient (Wildman–Crippen LogP) is 5.35. The highest BCUT2D eigenvalue weighted by Crippen LogP contribution is 2.37. The molecular formula is C26H26FN5O4. The Morgan fingerprint density at radius 2 is 2.00 bits per heavy atom. The van der Waals surface area contributed by atoms with E-state index in [-0.39, 0.29) is 23.4 Å². The summed E-state index contributed by atoms with van der Waals surface area (Å²) >= 11 is 0. The van der Waals surface area contributed by atoms with Gasteiger partial charge in [-0.1, -0.05) is 12.6 Å². The van der Waals surface area contributed by atoms with Crippen molar-refractivity contribution in [2.75, 3.05) is 30.5 Å². The fraction of sp³-hybridized carbons (Fsp3) is 0.231. The van der Waals surface area contributed by atoms with Crippen LogP contribution in [0.3, 0.4) is 0 Å². The van der Waals surface area contributed by atoms with Gasteiger partial charge < -0.3 is 19.7 Å². The minimum Gasteiger partial charge on any atom is -0.494 e. The lowest BCUT2D eigenvalue weighted by Gasteiger charge is -2.23. The number of hydrogen-bond acceptors (Lipinski definition) is 7. The van der Waals surface area contributed by atoms with Crippen LogP contribution in [0.25, 0.3) is 0 Å². The minimum atomic E-state index is -0.609. The predicted molar refractivity (Wildman–Crippen MR) is 135 cm³/mol. The molecule has 1 aromatic heterocycles. The van der Waals surface area contributed by atoms with Gasteiger partial charge in [-0.05, 0) is 61.4 Å². The van der Waals surface area contributed by atoms with Crippen LogP contribution in [0.2, 0.25) is 0 Å². The number of pyridine rings is 1. The standard InChI is InChI=1S/C26H26FN5O4/c1-4-24(33)31-13-12-18(16-31)29-26-17(2)14-28-15-21(26)32(30-34)19-8-10-20(11-9-19)36-23-7-5-6-22(35-3)25(23)27/h4-11,14-15,18H,1,12-13,16H2,2-3H3,(H,28,29). The van der Waals surface area contributed by atoms with Crippen LogP contribution >= 0.6 is 0 Å². The molecule has 0 radical (unpaired) electrons. The van der Waals surface area contributed by atoms with Crippen molar-refractivity contribution < 1.29 is 18.7 Å². The number of methoxy groups -OCH3 is 1. The summed E-state index contributed by atoms with van der Waals surface area (Å²) in [5.74, 6) is -0.259. The van der Waals surface area contributed by atoms with E-state index in [1.54, 1.807) is 47.6 Å². The first kappa shape index (κ1) is 24.6. The zero-order valence-corrected chi connectivity index (χ0v) is 20.0. The van der Waals surface area contributed by atoms with E-state index in [1.165, 1.54) is 30.3 Å². The number of halogens is 1. The maximum Gasteiger partial charge on any atom is 0.246 e. The molecule has 0 bridgehead atoms. The van der Waals surface area contributed by atoms with E-state index < -0.39 is 5.82 Å². The molecule has 0 spiro atoms. The van der Waals surface area contributed by atoms with E-state index in [9.17, 15) is 14.1 Å². The van der Waals surface area contributed by atoms with E-state index >= 15 is 0 Å². The van der Waals surface area contributed by atoms with Crippen LogP contribution in [0.1, 0.15) is 12.0 Å². The van der Waals surface area contributed by atoms with Crippen LogP contribution in [-0.4, -0.2) is 42.0 Å². The molecule has 2 heterocycles. The number of likely N-dealkylation sites (tertiary alicyclic amines) is 1.